The number of aromatic nitrogens is 2. The number of aryl methyl sites for hydroxylation is 1. The monoisotopic (exact) mass is 478 g/mol. The number of carboxylic acid groups (broad SMARTS) is 2. The molecule has 34 heavy (non-hydrogen) atoms. The molecule has 0 aliphatic carbocycles. The van der Waals surface area contributed by atoms with Crippen LogP contribution in [0.2, 0.25) is 0 Å². The second-order valence-corrected chi connectivity index (χ2v) is 6.79. The van der Waals surface area contributed by atoms with Gasteiger partial charge in [0.05, 0.1) is 22.0 Å². The van der Waals surface area contributed by atoms with Crippen molar-refractivity contribution in [1.82, 2.24) is 9.55 Å². The average Bonchev–Trinajstić information content (AvgIpc) is 2.78. The molecule has 0 bridgehead atoms. The van der Waals surface area contributed by atoms with Crippen LogP contribution in [0.25, 0.3) is 21.8 Å². The molecule has 0 fully saturated rings. The van der Waals surface area contributed by atoms with Crippen molar-refractivity contribution in [2.75, 3.05) is 0 Å². The van der Waals surface area contributed by atoms with E-state index in [1.807, 2.05) is 24.3 Å². The molecule has 4 aromatic rings. The van der Waals surface area contributed by atoms with Gasteiger partial charge in [-0.05, 0) is 18.2 Å². The first-order valence-electron chi connectivity index (χ1n) is 9.28. The van der Waals surface area contributed by atoms with Crippen LogP contribution in [0.4, 0.5) is 17.6 Å². The second kappa shape index (κ2) is 9.57. The summed E-state index contributed by atoms with van der Waals surface area (Å²) in [6.07, 6.45) is 2.17. The van der Waals surface area contributed by atoms with Crippen LogP contribution in [0.15, 0.2) is 53.6 Å². The zero-order valence-corrected chi connectivity index (χ0v) is 17.1. The Kier molecular flexibility index (Phi) is 6.80. The van der Waals surface area contributed by atoms with Crippen LogP contribution >= 0.6 is 0 Å². The van der Waals surface area contributed by atoms with Gasteiger partial charge in [-0.1, -0.05) is 18.2 Å². The molecule has 0 spiro atoms. The van der Waals surface area contributed by atoms with Crippen LogP contribution in [0.5, 0.6) is 5.75 Å². The van der Waals surface area contributed by atoms with E-state index in [2.05, 4.69) is 9.72 Å². The highest BCUT2D eigenvalue weighted by Crippen LogP contribution is 2.30. The lowest BCUT2D eigenvalue weighted by Crippen LogP contribution is -2.19. The first-order chi connectivity index (χ1) is 16.0. The van der Waals surface area contributed by atoms with Crippen molar-refractivity contribution in [1.29, 1.82) is 0 Å². The van der Waals surface area contributed by atoms with Crippen molar-refractivity contribution in [3.63, 3.8) is 0 Å². The van der Waals surface area contributed by atoms with E-state index in [9.17, 15) is 31.9 Å². The van der Waals surface area contributed by atoms with Gasteiger partial charge in [-0.2, -0.15) is 13.2 Å². The topological polar surface area (TPSA) is 119 Å². The molecule has 0 aliphatic heterocycles. The third-order valence-corrected chi connectivity index (χ3v) is 4.59. The molecule has 12 heteroatoms. The Morgan fingerprint density at radius 1 is 1.09 bits per heavy atom. The molecule has 0 saturated carbocycles. The van der Waals surface area contributed by atoms with Crippen molar-refractivity contribution in [2.24, 2.45) is 7.05 Å². The fourth-order valence-corrected chi connectivity index (χ4v) is 3.12. The molecule has 2 aromatic heterocycles. The van der Waals surface area contributed by atoms with Crippen LogP contribution < -0.4 is 10.2 Å². The number of para-hydroxylation sites is 1. The summed E-state index contributed by atoms with van der Waals surface area (Å²) in [4.78, 5) is 37.4. The van der Waals surface area contributed by atoms with Crippen LogP contribution in [0.3, 0.4) is 0 Å². The number of alkyl halides is 2. The number of carboxylic acids is 2. The number of ether oxygens (including phenoxy) is 1. The van der Waals surface area contributed by atoms with E-state index in [-0.39, 0.29) is 5.56 Å². The van der Waals surface area contributed by atoms with Gasteiger partial charge in [0.2, 0.25) is 11.2 Å². The van der Waals surface area contributed by atoms with Gasteiger partial charge >= 0.3 is 18.6 Å². The summed E-state index contributed by atoms with van der Waals surface area (Å²) < 4.78 is 56.4. The average molecular weight is 478 g/mol. The molecule has 0 aliphatic rings. The molecule has 0 amide bonds. The van der Waals surface area contributed by atoms with Crippen molar-refractivity contribution >= 4 is 33.7 Å². The Hall–Kier alpha value is -4.48. The minimum Gasteiger partial charge on any atom is -0.478 e. The van der Waals surface area contributed by atoms with Gasteiger partial charge in [0.25, 0.3) is 0 Å². The number of rotatable bonds is 4. The lowest BCUT2D eigenvalue weighted by molar-refractivity contribution is -0.0516. The molecular formula is C22H14F4N2O6. The Bertz CT molecular complexity index is 1490. The van der Waals surface area contributed by atoms with E-state index in [0.29, 0.717) is 6.07 Å². The number of benzene rings is 2. The third kappa shape index (κ3) is 4.80. The summed E-state index contributed by atoms with van der Waals surface area (Å²) in [5.41, 5.74) is -1.27. The van der Waals surface area contributed by atoms with E-state index in [1.54, 1.807) is 6.07 Å². The molecule has 8 nitrogen and oxygen atoms in total. The maximum Gasteiger partial charge on any atom is 0.387 e. The Labute approximate surface area is 187 Å². The Balaban J connectivity index is 0.000000212. The largest absolute Gasteiger partial charge is 0.478 e. The molecule has 0 atom stereocenters. The number of carbonyl (C=O) groups is 2. The molecule has 176 valence electrons. The number of pyridine rings is 2. The molecule has 0 radical (unpaired) electrons. The number of halogens is 4. The summed E-state index contributed by atoms with van der Waals surface area (Å²) in [6, 6.07) is 9.48. The Morgan fingerprint density at radius 2 is 1.76 bits per heavy atom. The quantitative estimate of drug-likeness (QED) is 0.425. The van der Waals surface area contributed by atoms with Crippen molar-refractivity contribution in [3.8, 4) is 5.75 Å². The molecule has 4 rings (SSSR count). The fourth-order valence-electron chi connectivity index (χ4n) is 3.12. The number of hydrogen-bond acceptors (Lipinski definition) is 5. The van der Waals surface area contributed by atoms with Crippen LogP contribution in [0.1, 0.15) is 20.7 Å². The van der Waals surface area contributed by atoms with E-state index in [4.69, 9.17) is 10.2 Å². The van der Waals surface area contributed by atoms with E-state index < -0.39 is 57.8 Å². The summed E-state index contributed by atoms with van der Waals surface area (Å²) in [7, 11) is 1.18. The number of nitrogens with zero attached hydrogens (tertiary/aromatic N) is 2. The van der Waals surface area contributed by atoms with Crippen LogP contribution in [-0.2, 0) is 7.05 Å². The van der Waals surface area contributed by atoms with Gasteiger partial charge in [0.1, 0.15) is 5.56 Å². The molecular weight excluding hydrogens is 464 g/mol. The first-order valence-corrected chi connectivity index (χ1v) is 9.28. The van der Waals surface area contributed by atoms with E-state index in [1.165, 1.54) is 13.2 Å². The third-order valence-electron chi connectivity index (χ3n) is 4.59. The molecule has 0 unspecified atom stereocenters. The summed E-state index contributed by atoms with van der Waals surface area (Å²) >= 11 is 0. The summed E-state index contributed by atoms with van der Waals surface area (Å²) in [5, 5.41) is 17.8. The number of aromatic carboxylic acids is 2. The number of hydrogen-bond donors (Lipinski definition) is 2. The minimum atomic E-state index is -3.45. The molecule has 2 N–H and O–H groups in total. The van der Waals surface area contributed by atoms with Gasteiger partial charge in [-0.3, -0.25) is 9.78 Å². The fraction of sp³-hybridized carbons (Fsp3) is 0.0909. The van der Waals surface area contributed by atoms with Gasteiger partial charge in [0.15, 0.2) is 11.6 Å². The highest BCUT2D eigenvalue weighted by molar-refractivity contribution is 5.94. The zero-order chi connectivity index (χ0) is 25.2. The lowest BCUT2D eigenvalue weighted by Gasteiger charge is -2.13. The zero-order valence-electron chi connectivity index (χ0n) is 17.1. The standard InChI is InChI=1S/C12H7F4NO4.C10H7NO2/c1-17-3-5(11(19)20)9(18)4-2-6(13)7(14)10(8(4)17)21-12(15)16;12-10(13)8-5-7-3-1-2-4-9(7)11-6-8/h2-3,12H,1H3,(H,19,20);1-6H,(H,12,13). The molecule has 2 heterocycles. The molecule has 2 aromatic carbocycles. The van der Waals surface area contributed by atoms with Crippen molar-refractivity contribution in [2.45, 2.75) is 6.61 Å². The SMILES string of the molecule is Cn1cc(C(=O)O)c(=O)c2cc(F)c(F)c(OC(F)F)c21.O=C(O)c1cnc2ccccc2c1. The maximum atomic E-state index is 13.6. The minimum absolute atomic E-state index is 0.221. The smallest absolute Gasteiger partial charge is 0.387 e. The highest BCUT2D eigenvalue weighted by atomic mass is 19.3. The van der Waals surface area contributed by atoms with Gasteiger partial charge < -0.3 is 19.5 Å². The van der Waals surface area contributed by atoms with Crippen molar-refractivity contribution in [3.05, 3.63) is 81.8 Å². The van der Waals surface area contributed by atoms with Gasteiger partial charge in [0, 0.05) is 24.8 Å². The van der Waals surface area contributed by atoms with Gasteiger partial charge in [-0.15, -0.1) is 0 Å². The summed E-state index contributed by atoms with van der Waals surface area (Å²) in [5.74, 6) is -6.98. The van der Waals surface area contributed by atoms with Gasteiger partial charge in [-0.25, -0.2) is 14.0 Å². The molecule has 0 saturated heterocycles. The lowest BCUT2D eigenvalue weighted by atomic mass is 10.1. The normalized spacial score (nSPS) is 10.8. The highest BCUT2D eigenvalue weighted by Gasteiger charge is 2.23. The van der Waals surface area contributed by atoms with E-state index >= 15 is 0 Å². The predicted octanol–water partition coefficient (Wildman–Crippen LogP) is 4.05. The first kappa shape index (κ1) is 24.2. The maximum absolute atomic E-state index is 13.6. The Morgan fingerprint density at radius 3 is 2.38 bits per heavy atom. The summed E-state index contributed by atoms with van der Waals surface area (Å²) in [6.45, 7) is -3.45. The van der Waals surface area contributed by atoms with Crippen molar-refractivity contribution < 1.29 is 42.1 Å². The second-order valence-electron chi connectivity index (χ2n) is 6.79. The number of fused-ring (bicyclic) bond motifs is 2. The van der Waals surface area contributed by atoms with E-state index in [0.717, 1.165) is 21.7 Å². The van der Waals surface area contributed by atoms with Crippen LogP contribution in [-0.4, -0.2) is 38.3 Å². The predicted molar refractivity (Wildman–Crippen MR) is 111 cm³/mol. The van der Waals surface area contributed by atoms with Crippen LogP contribution in [0, 0.1) is 11.6 Å².